The molecule has 0 amide bonds. The van der Waals surface area contributed by atoms with E-state index in [9.17, 15) is 13.2 Å². The zero-order valence-electron chi connectivity index (χ0n) is 14.8. The van der Waals surface area contributed by atoms with Crippen molar-refractivity contribution in [1.29, 1.82) is 0 Å². The topological polar surface area (TPSA) is 69.6 Å². The second-order valence-corrected chi connectivity index (χ2v) is 4.56. The van der Waals surface area contributed by atoms with Crippen LogP contribution in [0.1, 0.15) is 67.2 Å². The molecule has 0 spiro atoms. The molecule has 0 bridgehead atoms. The molecule has 0 heterocycles. The number of unbranched alkanes of at least 4 members (excludes halogenated alkanes) is 3. The first-order valence-corrected chi connectivity index (χ1v) is 7.69. The van der Waals surface area contributed by atoms with E-state index in [0.29, 0.717) is 0 Å². The molecule has 0 saturated carbocycles. The Morgan fingerprint density at radius 1 is 1.00 bits per heavy atom. The van der Waals surface area contributed by atoms with E-state index in [-0.39, 0.29) is 6.10 Å². The second-order valence-electron chi connectivity index (χ2n) is 4.56. The molecule has 138 valence electrons. The third-order valence-electron chi connectivity index (χ3n) is 1.70. The summed E-state index contributed by atoms with van der Waals surface area (Å²) < 4.78 is 31.7. The molecular weight excluding hydrogens is 299 g/mol. The number of aliphatic hydroxyl groups is 1. The lowest BCUT2D eigenvalue weighted by molar-refractivity contribution is -0.192. The third-order valence-corrected chi connectivity index (χ3v) is 1.70. The van der Waals surface area contributed by atoms with Gasteiger partial charge in [0.2, 0.25) is 0 Å². The highest BCUT2D eigenvalue weighted by atomic mass is 19.4. The number of halogens is 3. The minimum absolute atomic E-state index is 0.167. The summed E-state index contributed by atoms with van der Waals surface area (Å²) in [6.45, 7) is 14.3. The van der Waals surface area contributed by atoms with E-state index in [0.717, 1.165) is 13.1 Å². The summed E-state index contributed by atoms with van der Waals surface area (Å²) in [5, 5.41) is 18.3. The van der Waals surface area contributed by atoms with Crippen LogP contribution < -0.4 is 5.32 Å². The summed E-state index contributed by atoms with van der Waals surface area (Å²) >= 11 is 0. The molecular formula is C15H34F3NO3. The van der Waals surface area contributed by atoms with Gasteiger partial charge in [-0.15, -0.1) is 0 Å². The molecule has 0 aliphatic rings. The van der Waals surface area contributed by atoms with Crippen LogP contribution in [0, 0.1) is 0 Å². The number of carboxylic acid groups (broad SMARTS) is 1. The van der Waals surface area contributed by atoms with E-state index in [1.165, 1.54) is 25.7 Å². The van der Waals surface area contributed by atoms with Crippen LogP contribution in [0.25, 0.3) is 0 Å². The summed E-state index contributed by atoms with van der Waals surface area (Å²) in [5.74, 6) is -2.76. The first-order chi connectivity index (χ1) is 10.0. The number of carbonyl (C=O) groups is 1. The summed E-state index contributed by atoms with van der Waals surface area (Å²) in [5.41, 5.74) is 0. The van der Waals surface area contributed by atoms with Gasteiger partial charge in [0.15, 0.2) is 0 Å². The molecule has 0 radical (unpaired) electrons. The number of aliphatic carboxylic acids is 1. The Hall–Kier alpha value is -0.820. The van der Waals surface area contributed by atoms with Crippen LogP contribution in [0.4, 0.5) is 13.2 Å². The SMILES string of the molecule is CC(C)O.CCCCCC.CCNCC.O=C(O)C(F)(F)F. The Kier molecular flexibility index (Phi) is 29.8. The number of alkyl halides is 3. The maximum absolute atomic E-state index is 10.6. The first-order valence-electron chi connectivity index (χ1n) is 7.69. The molecule has 7 heteroatoms. The molecule has 4 nitrogen and oxygen atoms in total. The Morgan fingerprint density at radius 2 is 1.23 bits per heavy atom. The second kappa shape index (κ2) is 22.5. The number of rotatable bonds is 5. The van der Waals surface area contributed by atoms with E-state index in [1.807, 2.05) is 0 Å². The smallest absolute Gasteiger partial charge is 0.475 e. The Balaban J connectivity index is -0.000000100. The molecule has 0 atom stereocenters. The van der Waals surface area contributed by atoms with Crippen LogP contribution in [0.5, 0.6) is 0 Å². The number of hydrogen-bond donors (Lipinski definition) is 3. The van der Waals surface area contributed by atoms with Crippen molar-refractivity contribution in [1.82, 2.24) is 5.32 Å². The van der Waals surface area contributed by atoms with Gasteiger partial charge in [0.25, 0.3) is 0 Å². The highest BCUT2D eigenvalue weighted by Gasteiger charge is 2.38. The predicted octanol–water partition coefficient (Wildman–Crippen LogP) is 4.22. The van der Waals surface area contributed by atoms with Crippen LogP contribution in [0.2, 0.25) is 0 Å². The fourth-order valence-corrected chi connectivity index (χ4v) is 0.750. The van der Waals surface area contributed by atoms with Gasteiger partial charge in [-0.25, -0.2) is 4.79 Å². The highest BCUT2D eigenvalue weighted by molar-refractivity contribution is 5.73. The number of nitrogens with one attached hydrogen (secondary N) is 1. The Morgan fingerprint density at radius 3 is 1.27 bits per heavy atom. The average Bonchev–Trinajstić information content (AvgIpc) is 2.37. The molecule has 0 aromatic rings. The maximum Gasteiger partial charge on any atom is 0.490 e. The minimum atomic E-state index is -5.08. The summed E-state index contributed by atoms with van der Waals surface area (Å²) in [6, 6.07) is 0. The van der Waals surface area contributed by atoms with Gasteiger partial charge >= 0.3 is 12.1 Å². The van der Waals surface area contributed by atoms with Gasteiger partial charge in [-0.3, -0.25) is 0 Å². The summed E-state index contributed by atoms with van der Waals surface area (Å²) in [7, 11) is 0. The van der Waals surface area contributed by atoms with Crippen molar-refractivity contribution >= 4 is 5.97 Å². The molecule has 0 aliphatic heterocycles. The van der Waals surface area contributed by atoms with Crippen molar-refractivity contribution < 1.29 is 28.2 Å². The lowest BCUT2D eigenvalue weighted by Crippen LogP contribution is -2.21. The van der Waals surface area contributed by atoms with Crippen molar-refractivity contribution in [2.75, 3.05) is 13.1 Å². The highest BCUT2D eigenvalue weighted by Crippen LogP contribution is 2.13. The monoisotopic (exact) mass is 333 g/mol. The quantitative estimate of drug-likeness (QED) is 0.659. The normalized spacial score (nSPS) is 9.59. The lowest BCUT2D eigenvalue weighted by atomic mass is 10.2. The van der Waals surface area contributed by atoms with Crippen molar-refractivity contribution in [3.63, 3.8) is 0 Å². The molecule has 22 heavy (non-hydrogen) atoms. The van der Waals surface area contributed by atoms with E-state index >= 15 is 0 Å². The van der Waals surface area contributed by atoms with Crippen LogP contribution in [-0.4, -0.2) is 41.6 Å². The molecule has 3 N–H and O–H groups in total. The zero-order chi connectivity index (χ0) is 18.6. The van der Waals surface area contributed by atoms with Gasteiger partial charge in [0.1, 0.15) is 0 Å². The van der Waals surface area contributed by atoms with E-state index in [1.54, 1.807) is 13.8 Å². The van der Waals surface area contributed by atoms with Crippen LogP contribution in [0.3, 0.4) is 0 Å². The van der Waals surface area contributed by atoms with Gasteiger partial charge in [-0.05, 0) is 26.9 Å². The number of carboxylic acids is 1. The van der Waals surface area contributed by atoms with E-state index in [4.69, 9.17) is 15.0 Å². The van der Waals surface area contributed by atoms with Gasteiger partial charge in [-0.2, -0.15) is 13.2 Å². The number of aliphatic hydroxyl groups excluding tert-OH is 1. The predicted molar refractivity (Wildman–Crippen MR) is 85.1 cm³/mol. The molecule has 0 unspecified atom stereocenters. The molecule has 0 fully saturated rings. The van der Waals surface area contributed by atoms with E-state index < -0.39 is 12.1 Å². The zero-order valence-corrected chi connectivity index (χ0v) is 14.8. The maximum atomic E-state index is 10.6. The fraction of sp³-hybridized carbons (Fsp3) is 0.933. The van der Waals surface area contributed by atoms with Crippen molar-refractivity contribution in [3.8, 4) is 0 Å². The van der Waals surface area contributed by atoms with Crippen LogP contribution >= 0.6 is 0 Å². The largest absolute Gasteiger partial charge is 0.490 e. The van der Waals surface area contributed by atoms with Gasteiger partial charge < -0.3 is 15.5 Å². The molecule has 0 aliphatic carbocycles. The summed E-state index contributed by atoms with van der Waals surface area (Å²) in [6.07, 6.45) is 0.286. The number of hydrogen-bond acceptors (Lipinski definition) is 3. The van der Waals surface area contributed by atoms with Gasteiger partial charge in [0.05, 0.1) is 0 Å². The van der Waals surface area contributed by atoms with Gasteiger partial charge in [0, 0.05) is 6.10 Å². The Labute approximate surface area is 133 Å². The molecule has 0 saturated heterocycles. The van der Waals surface area contributed by atoms with Gasteiger partial charge in [-0.1, -0.05) is 53.4 Å². The molecule has 0 rings (SSSR count). The first kappa shape index (κ1) is 29.2. The summed E-state index contributed by atoms with van der Waals surface area (Å²) in [4.78, 5) is 8.90. The van der Waals surface area contributed by atoms with Crippen molar-refractivity contribution in [3.05, 3.63) is 0 Å². The van der Waals surface area contributed by atoms with Crippen LogP contribution in [-0.2, 0) is 4.79 Å². The van der Waals surface area contributed by atoms with Crippen LogP contribution in [0.15, 0.2) is 0 Å². The Bertz CT molecular complexity index is 202. The molecule has 0 aromatic heterocycles. The van der Waals surface area contributed by atoms with Crippen molar-refractivity contribution in [2.24, 2.45) is 0 Å². The molecule has 0 aromatic carbocycles. The lowest BCUT2D eigenvalue weighted by Gasteiger charge is -1.93. The third kappa shape index (κ3) is 61.2. The minimum Gasteiger partial charge on any atom is -0.475 e. The van der Waals surface area contributed by atoms with Crippen molar-refractivity contribution in [2.45, 2.75) is 79.5 Å². The standard InChI is InChI=1S/C6H14.C4H11N.C3H8O.C2HF3O2/c1-3-5-6-4-2;1-3-5-4-2;1-3(2)4;3-2(4,5)1(6)7/h3-6H2,1-2H3;5H,3-4H2,1-2H3;3-4H,1-2H3;(H,6,7). The fourth-order valence-electron chi connectivity index (χ4n) is 0.750. The average molecular weight is 333 g/mol. The van der Waals surface area contributed by atoms with E-state index in [2.05, 4.69) is 33.0 Å².